The summed E-state index contributed by atoms with van der Waals surface area (Å²) in [5.41, 5.74) is 0.939. The number of sulfonamides is 1. The zero-order chi connectivity index (χ0) is 18.9. The fourth-order valence-electron chi connectivity index (χ4n) is 3.78. The molecule has 1 unspecified atom stereocenters. The van der Waals surface area contributed by atoms with Crippen molar-refractivity contribution in [1.29, 1.82) is 0 Å². The second kappa shape index (κ2) is 7.29. The van der Waals surface area contributed by atoms with Crippen molar-refractivity contribution >= 4 is 15.9 Å². The van der Waals surface area contributed by atoms with E-state index in [1.807, 2.05) is 19.1 Å². The highest BCUT2D eigenvalue weighted by atomic mass is 32.2. The Bertz CT molecular complexity index is 751. The quantitative estimate of drug-likeness (QED) is 0.834. The van der Waals surface area contributed by atoms with E-state index in [2.05, 4.69) is 24.5 Å². The molecule has 0 aliphatic carbocycles. The number of benzene rings is 1. The summed E-state index contributed by atoms with van der Waals surface area (Å²) < 4.78 is 27.0. The Kier molecular flexibility index (Phi) is 5.42. The van der Waals surface area contributed by atoms with E-state index >= 15 is 0 Å². The molecule has 0 aromatic heterocycles. The molecule has 7 heteroatoms. The predicted molar refractivity (Wildman–Crippen MR) is 101 cm³/mol. The van der Waals surface area contributed by atoms with Crippen LogP contribution in [-0.4, -0.2) is 49.8 Å². The number of hydrogen-bond acceptors (Lipinski definition) is 4. The minimum atomic E-state index is -3.48. The summed E-state index contributed by atoms with van der Waals surface area (Å²) >= 11 is 0. The number of rotatable bonds is 4. The molecule has 144 valence electrons. The van der Waals surface area contributed by atoms with Gasteiger partial charge in [0.1, 0.15) is 0 Å². The number of piperidine rings is 1. The van der Waals surface area contributed by atoms with Crippen LogP contribution in [0.1, 0.15) is 38.7 Å². The van der Waals surface area contributed by atoms with E-state index in [0.29, 0.717) is 30.8 Å². The van der Waals surface area contributed by atoms with Crippen LogP contribution in [-0.2, 0) is 14.8 Å². The maximum absolute atomic E-state index is 12.8. The smallest absolute Gasteiger partial charge is 0.243 e. The fourth-order valence-corrected chi connectivity index (χ4v) is 5.25. The van der Waals surface area contributed by atoms with E-state index < -0.39 is 10.0 Å². The Morgan fingerprint density at radius 1 is 1.15 bits per heavy atom. The Morgan fingerprint density at radius 2 is 1.77 bits per heavy atom. The number of aryl methyl sites for hydroxylation is 1. The van der Waals surface area contributed by atoms with Crippen molar-refractivity contribution in [3.8, 4) is 0 Å². The molecule has 0 spiro atoms. The molecule has 2 heterocycles. The first-order valence-corrected chi connectivity index (χ1v) is 10.8. The first-order chi connectivity index (χ1) is 12.2. The standard InChI is InChI=1S/C19H29N3O3S/c1-14-4-6-16(7-5-14)26(24,25)22-12-9-15(10-13-22)18(23)21-17-8-11-20-19(17,2)3/h4-7,15,17,20H,8-13H2,1-3H3,(H,21,23). The Labute approximate surface area is 156 Å². The molecule has 26 heavy (non-hydrogen) atoms. The van der Waals surface area contributed by atoms with Crippen LogP contribution in [0.2, 0.25) is 0 Å². The molecule has 2 fully saturated rings. The minimum absolute atomic E-state index is 0.0548. The zero-order valence-corrected chi connectivity index (χ0v) is 16.6. The van der Waals surface area contributed by atoms with E-state index in [-0.39, 0.29) is 23.4 Å². The number of nitrogens with zero attached hydrogens (tertiary/aromatic N) is 1. The van der Waals surface area contributed by atoms with Gasteiger partial charge < -0.3 is 10.6 Å². The van der Waals surface area contributed by atoms with Gasteiger partial charge in [-0.25, -0.2) is 8.42 Å². The van der Waals surface area contributed by atoms with Gasteiger partial charge in [-0.05, 0) is 58.7 Å². The highest BCUT2D eigenvalue weighted by Crippen LogP contribution is 2.25. The second-order valence-corrected chi connectivity index (χ2v) is 9.93. The van der Waals surface area contributed by atoms with Gasteiger partial charge in [-0.2, -0.15) is 4.31 Å². The maximum atomic E-state index is 12.8. The summed E-state index contributed by atoms with van der Waals surface area (Å²) in [7, 11) is -3.48. The van der Waals surface area contributed by atoms with Crippen molar-refractivity contribution in [1.82, 2.24) is 14.9 Å². The molecule has 2 aliphatic heterocycles. The molecule has 2 saturated heterocycles. The van der Waals surface area contributed by atoms with Crippen molar-refractivity contribution in [2.24, 2.45) is 5.92 Å². The van der Waals surface area contributed by atoms with Gasteiger partial charge in [-0.15, -0.1) is 0 Å². The third-order valence-corrected chi connectivity index (χ3v) is 7.60. The Morgan fingerprint density at radius 3 is 2.31 bits per heavy atom. The van der Waals surface area contributed by atoms with Crippen molar-refractivity contribution in [3.63, 3.8) is 0 Å². The lowest BCUT2D eigenvalue weighted by atomic mass is 9.93. The van der Waals surface area contributed by atoms with Gasteiger partial charge in [0.2, 0.25) is 15.9 Å². The third-order valence-electron chi connectivity index (χ3n) is 5.68. The van der Waals surface area contributed by atoms with Gasteiger partial charge in [0.05, 0.1) is 4.90 Å². The number of carbonyl (C=O) groups excluding carboxylic acids is 1. The molecule has 1 atom stereocenters. The van der Waals surface area contributed by atoms with E-state index in [9.17, 15) is 13.2 Å². The average Bonchev–Trinajstić information content (AvgIpc) is 2.93. The predicted octanol–water partition coefficient (Wildman–Crippen LogP) is 1.65. The van der Waals surface area contributed by atoms with Crippen LogP contribution in [0.3, 0.4) is 0 Å². The highest BCUT2D eigenvalue weighted by molar-refractivity contribution is 7.89. The van der Waals surface area contributed by atoms with E-state index in [4.69, 9.17) is 0 Å². The molecular weight excluding hydrogens is 350 g/mol. The highest BCUT2D eigenvalue weighted by Gasteiger charge is 2.37. The van der Waals surface area contributed by atoms with Gasteiger partial charge in [0.15, 0.2) is 0 Å². The maximum Gasteiger partial charge on any atom is 0.243 e. The first kappa shape index (κ1) is 19.3. The van der Waals surface area contributed by atoms with Crippen molar-refractivity contribution in [2.75, 3.05) is 19.6 Å². The summed E-state index contributed by atoms with van der Waals surface area (Å²) in [5, 5.41) is 6.56. The van der Waals surface area contributed by atoms with Crippen molar-refractivity contribution in [3.05, 3.63) is 29.8 Å². The summed E-state index contributed by atoms with van der Waals surface area (Å²) in [5.74, 6) is -0.0602. The Balaban J connectivity index is 1.58. The van der Waals surface area contributed by atoms with E-state index in [1.165, 1.54) is 4.31 Å². The third kappa shape index (κ3) is 3.94. The molecule has 0 saturated carbocycles. The molecule has 0 radical (unpaired) electrons. The number of hydrogen-bond donors (Lipinski definition) is 2. The molecule has 0 bridgehead atoms. The molecule has 1 aromatic carbocycles. The van der Waals surface area contributed by atoms with Crippen LogP contribution in [0.4, 0.5) is 0 Å². The fraction of sp³-hybridized carbons (Fsp3) is 0.632. The van der Waals surface area contributed by atoms with Crippen LogP contribution >= 0.6 is 0 Å². The summed E-state index contributed by atoms with van der Waals surface area (Å²) in [6, 6.07) is 7.05. The summed E-state index contributed by atoms with van der Waals surface area (Å²) in [6.45, 7) is 7.82. The normalized spacial score (nSPS) is 24.5. The lowest BCUT2D eigenvalue weighted by Gasteiger charge is -2.33. The number of nitrogens with one attached hydrogen (secondary N) is 2. The lowest BCUT2D eigenvalue weighted by molar-refractivity contribution is -0.127. The lowest BCUT2D eigenvalue weighted by Crippen LogP contribution is -2.53. The average molecular weight is 380 g/mol. The minimum Gasteiger partial charge on any atom is -0.351 e. The largest absolute Gasteiger partial charge is 0.351 e. The number of carbonyl (C=O) groups is 1. The Hall–Kier alpha value is -1.44. The molecule has 1 amide bonds. The van der Waals surface area contributed by atoms with Gasteiger partial charge in [-0.3, -0.25) is 4.79 Å². The van der Waals surface area contributed by atoms with Crippen LogP contribution in [0.5, 0.6) is 0 Å². The van der Waals surface area contributed by atoms with Crippen molar-refractivity contribution in [2.45, 2.75) is 56.5 Å². The molecular formula is C19H29N3O3S. The van der Waals surface area contributed by atoms with Crippen LogP contribution < -0.4 is 10.6 Å². The second-order valence-electron chi connectivity index (χ2n) is 7.99. The molecule has 2 N–H and O–H groups in total. The summed E-state index contributed by atoms with van der Waals surface area (Å²) in [4.78, 5) is 12.9. The number of amides is 1. The summed E-state index contributed by atoms with van der Waals surface area (Å²) in [6.07, 6.45) is 2.06. The van der Waals surface area contributed by atoms with Crippen LogP contribution in [0, 0.1) is 12.8 Å². The van der Waals surface area contributed by atoms with Crippen LogP contribution in [0.15, 0.2) is 29.2 Å². The van der Waals surface area contributed by atoms with Crippen molar-refractivity contribution < 1.29 is 13.2 Å². The van der Waals surface area contributed by atoms with Gasteiger partial charge >= 0.3 is 0 Å². The first-order valence-electron chi connectivity index (χ1n) is 9.32. The topological polar surface area (TPSA) is 78.5 Å². The van der Waals surface area contributed by atoms with Gasteiger partial charge in [-0.1, -0.05) is 17.7 Å². The van der Waals surface area contributed by atoms with E-state index in [1.54, 1.807) is 12.1 Å². The zero-order valence-electron chi connectivity index (χ0n) is 15.8. The SMILES string of the molecule is Cc1ccc(S(=O)(=O)N2CCC(C(=O)NC3CCNC3(C)C)CC2)cc1. The molecule has 1 aromatic rings. The monoisotopic (exact) mass is 379 g/mol. The van der Waals surface area contributed by atoms with E-state index in [0.717, 1.165) is 18.5 Å². The molecule has 3 rings (SSSR count). The molecule has 6 nitrogen and oxygen atoms in total. The van der Waals surface area contributed by atoms with Crippen LogP contribution in [0.25, 0.3) is 0 Å². The van der Waals surface area contributed by atoms with Gasteiger partial charge in [0, 0.05) is 30.6 Å². The molecule has 2 aliphatic rings. The van der Waals surface area contributed by atoms with Gasteiger partial charge in [0.25, 0.3) is 0 Å².